The SMILES string of the molecule is C[C@]1(C(N)=O)COc2c1cc(C(O)(CNC(=O)c1ccc3nnccc3c1)C(F)(F)F)nc2-c1ccc(F)cc1. The number of nitrogens with one attached hydrogen (secondary N) is 1. The number of hydrogen-bond acceptors (Lipinski definition) is 7. The molecule has 40 heavy (non-hydrogen) atoms. The van der Waals surface area contributed by atoms with E-state index in [1.807, 2.05) is 0 Å². The normalized spacial score (nSPS) is 18.1. The van der Waals surface area contributed by atoms with Gasteiger partial charge in [-0.05, 0) is 61.5 Å². The Morgan fingerprint density at radius 3 is 2.52 bits per heavy atom. The maximum absolute atomic E-state index is 14.5. The Bertz CT molecular complexity index is 1650. The molecule has 5 rings (SSSR count). The highest BCUT2D eigenvalue weighted by molar-refractivity contribution is 5.98. The molecule has 0 saturated carbocycles. The molecule has 2 aromatic heterocycles. The number of alkyl halides is 3. The number of rotatable bonds is 6. The number of hydrogen-bond donors (Lipinski definition) is 3. The first-order valence-corrected chi connectivity index (χ1v) is 11.9. The maximum Gasteiger partial charge on any atom is 0.424 e. The largest absolute Gasteiger partial charge is 0.489 e. The van der Waals surface area contributed by atoms with Crippen LogP contribution in [0.15, 0.2) is 60.8 Å². The first-order chi connectivity index (χ1) is 18.8. The van der Waals surface area contributed by atoms with Gasteiger partial charge in [0.2, 0.25) is 11.5 Å². The third-order valence-corrected chi connectivity index (χ3v) is 6.91. The lowest BCUT2D eigenvalue weighted by molar-refractivity contribution is -0.265. The van der Waals surface area contributed by atoms with Crippen molar-refractivity contribution in [3.8, 4) is 17.0 Å². The number of primary amides is 1. The molecule has 0 fully saturated rings. The van der Waals surface area contributed by atoms with Crippen LogP contribution in [0.3, 0.4) is 0 Å². The molecule has 4 aromatic rings. The van der Waals surface area contributed by atoms with Gasteiger partial charge < -0.3 is 20.9 Å². The monoisotopic (exact) mass is 555 g/mol. The summed E-state index contributed by atoms with van der Waals surface area (Å²) in [6.07, 6.45) is -3.93. The van der Waals surface area contributed by atoms with E-state index >= 15 is 0 Å². The number of nitrogens with two attached hydrogens (primary N) is 1. The molecule has 13 heteroatoms. The number of aliphatic hydroxyl groups is 1. The van der Waals surface area contributed by atoms with Gasteiger partial charge in [-0.1, -0.05) is 0 Å². The van der Waals surface area contributed by atoms with Gasteiger partial charge in [-0.3, -0.25) is 9.59 Å². The first-order valence-electron chi connectivity index (χ1n) is 11.9. The molecule has 1 aliphatic heterocycles. The average Bonchev–Trinajstić information content (AvgIpc) is 3.28. The lowest BCUT2D eigenvalue weighted by atomic mass is 9.81. The predicted octanol–water partition coefficient (Wildman–Crippen LogP) is 3.15. The minimum atomic E-state index is -5.33. The third-order valence-electron chi connectivity index (χ3n) is 6.91. The van der Waals surface area contributed by atoms with Crippen LogP contribution in [0.25, 0.3) is 22.2 Å². The highest BCUT2D eigenvalue weighted by Crippen LogP contribution is 2.47. The molecule has 2 aromatic carbocycles. The van der Waals surface area contributed by atoms with Crippen LogP contribution in [0.1, 0.15) is 28.5 Å². The number of pyridine rings is 1. The summed E-state index contributed by atoms with van der Waals surface area (Å²) in [5, 5.41) is 21.4. The topological polar surface area (TPSA) is 140 Å². The summed E-state index contributed by atoms with van der Waals surface area (Å²) in [7, 11) is 0. The van der Waals surface area contributed by atoms with E-state index in [-0.39, 0.29) is 34.7 Å². The van der Waals surface area contributed by atoms with Gasteiger partial charge in [-0.2, -0.15) is 23.4 Å². The minimum absolute atomic E-state index is 0.0219. The smallest absolute Gasteiger partial charge is 0.424 e. The van der Waals surface area contributed by atoms with Crippen molar-refractivity contribution in [3.05, 3.63) is 83.4 Å². The minimum Gasteiger partial charge on any atom is -0.489 e. The van der Waals surface area contributed by atoms with E-state index in [0.29, 0.717) is 10.9 Å². The van der Waals surface area contributed by atoms with Crippen LogP contribution < -0.4 is 15.8 Å². The molecule has 0 saturated heterocycles. The second kappa shape index (κ2) is 9.52. The van der Waals surface area contributed by atoms with E-state index in [9.17, 15) is 32.3 Å². The number of halogens is 4. The Hall–Kier alpha value is -4.65. The summed E-state index contributed by atoms with van der Waals surface area (Å²) in [4.78, 5) is 29.2. The maximum atomic E-state index is 14.5. The molecule has 1 unspecified atom stereocenters. The van der Waals surface area contributed by atoms with E-state index in [2.05, 4.69) is 20.5 Å². The molecule has 4 N–H and O–H groups in total. The van der Waals surface area contributed by atoms with E-state index in [4.69, 9.17) is 10.5 Å². The standard InChI is InChI=1S/C27H21F4N5O4/c1-25(24(32)38)13-40-22-18(25)11-20(35-21(22)14-2-5-17(28)6-3-14)26(39,27(29,30)31)12-33-23(37)16-4-7-19-15(10-16)8-9-34-36-19/h2-11,39H,12-13H2,1H3,(H2,32,38)(H,33,37)/t25-,26?/m0/s1. The Kier molecular flexibility index (Phi) is 6.41. The number of carbonyl (C=O) groups excluding carboxylic acids is 2. The first kappa shape index (κ1) is 26.9. The van der Waals surface area contributed by atoms with Gasteiger partial charge in [-0.15, -0.1) is 0 Å². The molecule has 2 amide bonds. The van der Waals surface area contributed by atoms with Crippen LogP contribution >= 0.6 is 0 Å². The van der Waals surface area contributed by atoms with Crippen LogP contribution in [0.5, 0.6) is 5.75 Å². The number of fused-ring (bicyclic) bond motifs is 2. The van der Waals surface area contributed by atoms with Gasteiger partial charge in [0.05, 0.1) is 24.0 Å². The predicted molar refractivity (Wildman–Crippen MR) is 133 cm³/mol. The molecular formula is C27H21F4N5O4. The molecule has 9 nitrogen and oxygen atoms in total. The number of benzene rings is 2. The fourth-order valence-electron chi connectivity index (χ4n) is 4.38. The summed E-state index contributed by atoms with van der Waals surface area (Å²) in [5.41, 5.74) is -0.132. The van der Waals surface area contributed by atoms with Crippen LogP contribution in [-0.4, -0.2) is 51.4 Å². The molecule has 0 aliphatic carbocycles. The summed E-state index contributed by atoms with van der Waals surface area (Å²) < 4.78 is 62.8. The molecule has 206 valence electrons. The fraction of sp³-hybridized carbons (Fsp3) is 0.222. The van der Waals surface area contributed by atoms with Crippen molar-refractivity contribution in [2.75, 3.05) is 13.2 Å². The number of nitrogens with zero attached hydrogens (tertiary/aromatic N) is 3. The lowest BCUT2D eigenvalue weighted by Gasteiger charge is -2.31. The van der Waals surface area contributed by atoms with Gasteiger partial charge >= 0.3 is 6.18 Å². The van der Waals surface area contributed by atoms with E-state index in [1.165, 1.54) is 43.5 Å². The average molecular weight is 555 g/mol. The number of amides is 2. The third kappa shape index (κ3) is 4.47. The van der Waals surface area contributed by atoms with Crippen LogP contribution in [-0.2, 0) is 15.8 Å². The summed E-state index contributed by atoms with van der Waals surface area (Å²) in [5.74, 6) is -2.40. The van der Waals surface area contributed by atoms with Crippen molar-refractivity contribution >= 4 is 22.7 Å². The van der Waals surface area contributed by atoms with Gasteiger partial charge in [0, 0.05) is 22.1 Å². The van der Waals surface area contributed by atoms with E-state index in [0.717, 1.165) is 18.2 Å². The van der Waals surface area contributed by atoms with Crippen molar-refractivity contribution in [2.24, 2.45) is 5.73 Å². The highest BCUT2D eigenvalue weighted by atomic mass is 19.4. The van der Waals surface area contributed by atoms with Crippen LogP contribution in [0.2, 0.25) is 0 Å². The molecule has 2 atom stereocenters. The molecular weight excluding hydrogens is 534 g/mol. The fourth-order valence-corrected chi connectivity index (χ4v) is 4.38. The highest BCUT2D eigenvalue weighted by Gasteiger charge is 2.57. The van der Waals surface area contributed by atoms with Gasteiger partial charge in [-0.25, -0.2) is 9.37 Å². The summed E-state index contributed by atoms with van der Waals surface area (Å²) in [6, 6.07) is 11.4. The second-order valence-corrected chi connectivity index (χ2v) is 9.57. The Labute approximate surface area is 224 Å². The number of ether oxygens (including phenoxy) is 1. The molecule has 0 radical (unpaired) electrons. The number of carbonyl (C=O) groups is 2. The zero-order valence-electron chi connectivity index (χ0n) is 20.8. The molecule has 1 aliphatic rings. The Morgan fingerprint density at radius 2 is 1.85 bits per heavy atom. The van der Waals surface area contributed by atoms with E-state index in [1.54, 1.807) is 6.07 Å². The Balaban J connectivity index is 1.58. The lowest BCUT2D eigenvalue weighted by Crippen LogP contribution is -2.51. The van der Waals surface area contributed by atoms with Gasteiger partial charge in [0.1, 0.15) is 29.3 Å². The van der Waals surface area contributed by atoms with E-state index < -0.39 is 47.1 Å². The molecule has 0 bridgehead atoms. The van der Waals surface area contributed by atoms with Gasteiger partial charge in [0.15, 0.2) is 0 Å². The van der Waals surface area contributed by atoms with Gasteiger partial charge in [0.25, 0.3) is 5.91 Å². The van der Waals surface area contributed by atoms with Crippen LogP contribution in [0, 0.1) is 5.82 Å². The molecule has 0 spiro atoms. The van der Waals surface area contributed by atoms with Crippen molar-refractivity contribution < 1.29 is 37.0 Å². The summed E-state index contributed by atoms with van der Waals surface area (Å²) in [6.45, 7) is -0.215. The Morgan fingerprint density at radius 1 is 1.12 bits per heavy atom. The second-order valence-electron chi connectivity index (χ2n) is 9.57. The van der Waals surface area contributed by atoms with Crippen molar-refractivity contribution in [1.29, 1.82) is 0 Å². The molecule has 3 heterocycles. The zero-order valence-corrected chi connectivity index (χ0v) is 20.8. The van der Waals surface area contributed by atoms with Crippen molar-refractivity contribution in [3.63, 3.8) is 0 Å². The summed E-state index contributed by atoms with van der Waals surface area (Å²) >= 11 is 0. The van der Waals surface area contributed by atoms with Crippen molar-refractivity contribution in [1.82, 2.24) is 20.5 Å². The van der Waals surface area contributed by atoms with Crippen molar-refractivity contribution in [2.45, 2.75) is 24.1 Å². The van der Waals surface area contributed by atoms with Crippen LogP contribution in [0.4, 0.5) is 17.6 Å². The number of aromatic nitrogens is 3. The zero-order chi connectivity index (χ0) is 28.9. The quantitative estimate of drug-likeness (QED) is 0.311.